The fourth-order valence-corrected chi connectivity index (χ4v) is 3.60. The topological polar surface area (TPSA) is 83.0 Å². The molecule has 144 valence electrons. The van der Waals surface area contributed by atoms with Crippen molar-refractivity contribution in [3.63, 3.8) is 0 Å². The number of carbonyl (C=O) groups is 1. The van der Waals surface area contributed by atoms with Gasteiger partial charge in [0.1, 0.15) is 0 Å². The summed E-state index contributed by atoms with van der Waals surface area (Å²) in [5.41, 5.74) is 7.91. The minimum atomic E-state index is -0.241. The molecule has 4 aromatic rings. The summed E-state index contributed by atoms with van der Waals surface area (Å²) in [6.45, 7) is 1.84. The second kappa shape index (κ2) is 8.70. The molecule has 0 aliphatic rings. The van der Waals surface area contributed by atoms with Gasteiger partial charge in [0.25, 0.3) is 5.91 Å². The number of aromatic amines is 1. The predicted octanol–water partition coefficient (Wildman–Crippen LogP) is 4.40. The van der Waals surface area contributed by atoms with E-state index in [-0.39, 0.29) is 5.91 Å². The fourth-order valence-electron chi connectivity index (χ4n) is 2.76. The van der Waals surface area contributed by atoms with Gasteiger partial charge in [-0.15, -0.1) is 0 Å². The number of amides is 1. The van der Waals surface area contributed by atoms with Gasteiger partial charge in [0.15, 0.2) is 5.16 Å². The van der Waals surface area contributed by atoms with E-state index in [2.05, 4.69) is 25.5 Å². The first kappa shape index (κ1) is 18.9. The average molecular weight is 401 g/mol. The summed E-state index contributed by atoms with van der Waals surface area (Å²) in [5.74, 6) is 0.524. The van der Waals surface area contributed by atoms with E-state index >= 15 is 0 Å². The van der Waals surface area contributed by atoms with Crippen molar-refractivity contribution in [1.29, 1.82) is 0 Å². The standard InChI is InChI=1S/C22H19N5OS/c1-15(17-10-12-23-13-11-17)26-27-21(28)18-8-6-16(7-9-18)14-29-22-24-19-4-2-3-5-20(19)25-22/h2-13H,14H2,1H3,(H,24,25)(H,27,28). The highest BCUT2D eigenvalue weighted by atomic mass is 32.2. The van der Waals surface area contributed by atoms with Gasteiger partial charge in [-0.25, -0.2) is 10.4 Å². The van der Waals surface area contributed by atoms with Crippen LogP contribution in [0.3, 0.4) is 0 Å². The first-order valence-corrected chi connectivity index (χ1v) is 10.1. The number of imidazole rings is 1. The molecule has 2 heterocycles. The largest absolute Gasteiger partial charge is 0.333 e. The lowest BCUT2D eigenvalue weighted by molar-refractivity contribution is 0.0955. The average Bonchev–Trinajstić information content (AvgIpc) is 3.20. The molecule has 0 saturated carbocycles. The minimum Gasteiger partial charge on any atom is -0.333 e. The van der Waals surface area contributed by atoms with E-state index in [0.717, 1.165) is 38.8 Å². The lowest BCUT2D eigenvalue weighted by Gasteiger charge is -2.04. The SMILES string of the molecule is CC(=NNC(=O)c1ccc(CSc2nc3ccccc3[nH]2)cc1)c1ccncc1. The fraction of sp³-hybridized carbons (Fsp3) is 0.0909. The summed E-state index contributed by atoms with van der Waals surface area (Å²) < 4.78 is 0. The molecule has 0 atom stereocenters. The Morgan fingerprint density at radius 3 is 2.55 bits per heavy atom. The maximum Gasteiger partial charge on any atom is 0.271 e. The number of para-hydroxylation sites is 2. The van der Waals surface area contributed by atoms with Crippen LogP contribution in [0.2, 0.25) is 0 Å². The number of fused-ring (bicyclic) bond motifs is 1. The lowest BCUT2D eigenvalue weighted by Crippen LogP contribution is -2.19. The number of thioether (sulfide) groups is 1. The second-order valence-electron chi connectivity index (χ2n) is 6.42. The molecule has 4 rings (SSSR count). The Morgan fingerprint density at radius 2 is 1.79 bits per heavy atom. The molecule has 7 heteroatoms. The lowest BCUT2D eigenvalue weighted by atomic mass is 10.1. The first-order valence-electron chi connectivity index (χ1n) is 9.10. The molecule has 0 radical (unpaired) electrons. The molecule has 6 nitrogen and oxygen atoms in total. The zero-order chi connectivity index (χ0) is 20.1. The van der Waals surface area contributed by atoms with Gasteiger partial charge in [0.2, 0.25) is 0 Å². The quantitative estimate of drug-likeness (QED) is 0.285. The van der Waals surface area contributed by atoms with Crippen LogP contribution in [0.15, 0.2) is 83.3 Å². The van der Waals surface area contributed by atoms with Crippen LogP contribution < -0.4 is 5.43 Å². The van der Waals surface area contributed by atoms with Crippen LogP contribution in [0.4, 0.5) is 0 Å². The Balaban J connectivity index is 1.35. The van der Waals surface area contributed by atoms with Gasteiger partial charge in [-0.2, -0.15) is 5.10 Å². The van der Waals surface area contributed by atoms with Crippen LogP contribution in [0, 0.1) is 0 Å². The van der Waals surface area contributed by atoms with Crippen LogP contribution >= 0.6 is 11.8 Å². The second-order valence-corrected chi connectivity index (χ2v) is 7.38. The van der Waals surface area contributed by atoms with Crippen molar-refractivity contribution in [3.05, 3.63) is 89.7 Å². The van der Waals surface area contributed by atoms with Crippen LogP contribution in [0.5, 0.6) is 0 Å². The molecule has 2 aromatic carbocycles. The Labute approximate surface area is 172 Å². The molecular formula is C22H19N5OS. The third-order valence-corrected chi connectivity index (χ3v) is 5.33. The molecule has 0 bridgehead atoms. The number of nitrogens with zero attached hydrogens (tertiary/aromatic N) is 3. The Bertz CT molecular complexity index is 1120. The smallest absolute Gasteiger partial charge is 0.271 e. The molecule has 1 amide bonds. The Morgan fingerprint density at radius 1 is 1.03 bits per heavy atom. The zero-order valence-electron chi connectivity index (χ0n) is 15.8. The van der Waals surface area contributed by atoms with Crippen molar-refractivity contribution >= 4 is 34.4 Å². The molecule has 0 aliphatic heterocycles. The molecule has 2 aromatic heterocycles. The van der Waals surface area contributed by atoms with Crippen molar-refractivity contribution in [2.45, 2.75) is 17.8 Å². The predicted molar refractivity (Wildman–Crippen MR) is 116 cm³/mol. The van der Waals surface area contributed by atoms with Gasteiger partial charge >= 0.3 is 0 Å². The molecule has 0 fully saturated rings. The van der Waals surface area contributed by atoms with Gasteiger partial charge in [0.05, 0.1) is 16.7 Å². The van der Waals surface area contributed by atoms with Crippen molar-refractivity contribution in [3.8, 4) is 0 Å². The summed E-state index contributed by atoms with van der Waals surface area (Å²) in [6.07, 6.45) is 3.39. The number of rotatable bonds is 6. The molecule has 29 heavy (non-hydrogen) atoms. The Hall–Kier alpha value is -3.45. The highest BCUT2D eigenvalue weighted by Crippen LogP contribution is 2.23. The van der Waals surface area contributed by atoms with Crippen molar-refractivity contribution in [2.24, 2.45) is 5.10 Å². The molecule has 0 unspecified atom stereocenters. The third kappa shape index (κ3) is 4.70. The highest BCUT2D eigenvalue weighted by molar-refractivity contribution is 7.98. The van der Waals surface area contributed by atoms with E-state index < -0.39 is 0 Å². The van der Waals surface area contributed by atoms with E-state index in [1.807, 2.05) is 55.5 Å². The van der Waals surface area contributed by atoms with Crippen LogP contribution in [-0.2, 0) is 5.75 Å². The van der Waals surface area contributed by atoms with Gasteiger partial charge in [0, 0.05) is 29.3 Å². The summed E-state index contributed by atoms with van der Waals surface area (Å²) in [4.78, 5) is 24.2. The van der Waals surface area contributed by atoms with Gasteiger partial charge in [-0.3, -0.25) is 9.78 Å². The summed E-state index contributed by atoms with van der Waals surface area (Å²) in [6, 6.07) is 19.2. The van der Waals surface area contributed by atoms with Crippen molar-refractivity contribution in [2.75, 3.05) is 0 Å². The minimum absolute atomic E-state index is 0.241. The first-order chi connectivity index (χ1) is 14.2. The molecule has 0 aliphatic carbocycles. The van der Waals surface area contributed by atoms with Crippen molar-refractivity contribution < 1.29 is 4.79 Å². The number of hydrogen-bond donors (Lipinski definition) is 2. The molecule has 0 spiro atoms. The number of aromatic nitrogens is 3. The van der Waals surface area contributed by atoms with Crippen molar-refractivity contribution in [1.82, 2.24) is 20.4 Å². The van der Waals surface area contributed by atoms with Gasteiger partial charge in [-0.05, 0) is 48.9 Å². The highest BCUT2D eigenvalue weighted by Gasteiger charge is 2.07. The number of pyridine rings is 1. The van der Waals surface area contributed by atoms with E-state index in [1.165, 1.54) is 0 Å². The number of hydrazone groups is 1. The monoisotopic (exact) mass is 401 g/mol. The normalized spacial score (nSPS) is 11.6. The zero-order valence-corrected chi connectivity index (χ0v) is 16.6. The Kier molecular flexibility index (Phi) is 5.67. The van der Waals surface area contributed by atoms with Crippen LogP contribution in [0.25, 0.3) is 11.0 Å². The number of hydrogen-bond acceptors (Lipinski definition) is 5. The van der Waals surface area contributed by atoms with Crippen LogP contribution in [-0.4, -0.2) is 26.6 Å². The summed E-state index contributed by atoms with van der Waals surface area (Å²) in [5, 5.41) is 5.05. The summed E-state index contributed by atoms with van der Waals surface area (Å²) in [7, 11) is 0. The summed E-state index contributed by atoms with van der Waals surface area (Å²) >= 11 is 1.63. The van der Waals surface area contributed by atoms with E-state index in [4.69, 9.17) is 0 Å². The van der Waals surface area contributed by atoms with Gasteiger partial charge < -0.3 is 4.98 Å². The number of H-pyrrole nitrogens is 1. The molecule has 0 saturated heterocycles. The van der Waals surface area contributed by atoms with Gasteiger partial charge in [-0.1, -0.05) is 36.0 Å². The van der Waals surface area contributed by atoms with E-state index in [0.29, 0.717) is 5.56 Å². The maximum atomic E-state index is 12.3. The number of benzene rings is 2. The van der Waals surface area contributed by atoms with E-state index in [1.54, 1.807) is 36.3 Å². The maximum absolute atomic E-state index is 12.3. The third-order valence-electron chi connectivity index (χ3n) is 4.38. The van der Waals surface area contributed by atoms with E-state index in [9.17, 15) is 4.79 Å². The number of carbonyl (C=O) groups excluding carboxylic acids is 1. The molecule has 2 N–H and O–H groups in total. The van der Waals surface area contributed by atoms with Crippen LogP contribution in [0.1, 0.15) is 28.4 Å². The molecular weight excluding hydrogens is 382 g/mol. The number of nitrogens with one attached hydrogen (secondary N) is 2.